The van der Waals surface area contributed by atoms with Crippen molar-refractivity contribution in [3.63, 3.8) is 0 Å². The van der Waals surface area contributed by atoms with E-state index in [9.17, 15) is 8.42 Å². The average Bonchev–Trinajstić information content (AvgIpc) is 2.39. The predicted octanol–water partition coefficient (Wildman–Crippen LogP) is -1.09. The Morgan fingerprint density at radius 3 is 2.39 bits per heavy atom. The number of methoxy groups -OCH3 is 2. The summed E-state index contributed by atoms with van der Waals surface area (Å²) in [5.41, 5.74) is 5.30. The standard InChI is InChI=1S/C10H23N3O4S/c1-16-8-5-12-18(14,15)13-6-3-10(9-11,17-2)4-7-13/h12H,3-9,11H2,1-2H3. The van der Waals surface area contributed by atoms with Crippen LogP contribution >= 0.6 is 0 Å². The molecule has 0 radical (unpaired) electrons. The Hall–Kier alpha value is -0.250. The summed E-state index contributed by atoms with van der Waals surface area (Å²) in [6.07, 6.45) is 1.23. The van der Waals surface area contributed by atoms with Crippen molar-refractivity contribution in [2.24, 2.45) is 5.73 Å². The molecule has 1 aliphatic rings. The van der Waals surface area contributed by atoms with Crippen molar-refractivity contribution in [1.82, 2.24) is 9.03 Å². The maximum atomic E-state index is 11.9. The SMILES string of the molecule is COCCNS(=O)(=O)N1CCC(CN)(OC)CC1. The van der Waals surface area contributed by atoms with E-state index in [4.69, 9.17) is 15.2 Å². The number of nitrogens with one attached hydrogen (secondary N) is 1. The fraction of sp³-hybridized carbons (Fsp3) is 1.00. The number of rotatable bonds is 7. The minimum absolute atomic E-state index is 0.279. The van der Waals surface area contributed by atoms with Crippen LogP contribution in [0.5, 0.6) is 0 Å². The second-order valence-electron chi connectivity index (χ2n) is 4.38. The van der Waals surface area contributed by atoms with Gasteiger partial charge in [0.1, 0.15) is 0 Å². The van der Waals surface area contributed by atoms with Gasteiger partial charge in [-0.15, -0.1) is 0 Å². The second kappa shape index (κ2) is 6.78. The molecule has 1 rings (SSSR count). The Kier molecular flexibility index (Phi) is 5.96. The third kappa shape index (κ3) is 3.87. The van der Waals surface area contributed by atoms with Crippen molar-refractivity contribution in [1.29, 1.82) is 0 Å². The van der Waals surface area contributed by atoms with Crippen LogP contribution in [0.25, 0.3) is 0 Å². The van der Waals surface area contributed by atoms with Gasteiger partial charge in [-0.05, 0) is 12.8 Å². The first-order valence-electron chi connectivity index (χ1n) is 5.98. The monoisotopic (exact) mass is 281 g/mol. The van der Waals surface area contributed by atoms with Gasteiger partial charge in [-0.1, -0.05) is 0 Å². The summed E-state index contributed by atoms with van der Waals surface area (Å²) in [6.45, 7) is 1.90. The highest BCUT2D eigenvalue weighted by atomic mass is 32.2. The van der Waals surface area contributed by atoms with E-state index in [-0.39, 0.29) is 12.1 Å². The van der Waals surface area contributed by atoms with Crippen molar-refractivity contribution < 1.29 is 17.9 Å². The van der Waals surface area contributed by atoms with Crippen molar-refractivity contribution in [2.45, 2.75) is 18.4 Å². The molecule has 8 heteroatoms. The van der Waals surface area contributed by atoms with E-state index in [0.29, 0.717) is 39.1 Å². The van der Waals surface area contributed by atoms with Gasteiger partial charge >= 0.3 is 0 Å². The lowest BCUT2D eigenvalue weighted by Crippen LogP contribution is -2.53. The van der Waals surface area contributed by atoms with E-state index in [2.05, 4.69) is 4.72 Å². The van der Waals surface area contributed by atoms with Gasteiger partial charge in [-0.3, -0.25) is 0 Å². The zero-order chi connectivity index (χ0) is 13.6. The molecule has 18 heavy (non-hydrogen) atoms. The van der Waals surface area contributed by atoms with Crippen LogP contribution in [0.4, 0.5) is 0 Å². The molecule has 108 valence electrons. The Morgan fingerprint density at radius 2 is 1.94 bits per heavy atom. The lowest BCUT2D eigenvalue weighted by Gasteiger charge is -2.39. The van der Waals surface area contributed by atoms with Crippen LogP contribution in [-0.4, -0.2) is 65.3 Å². The van der Waals surface area contributed by atoms with E-state index in [1.165, 1.54) is 11.4 Å². The zero-order valence-corrected chi connectivity index (χ0v) is 11.8. The molecule has 1 fully saturated rings. The Balaban J connectivity index is 2.51. The van der Waals surface area contributed by atoms with E-state index in [1.54, 1.807) is 7.11 Å². The highest BCUT2D eigenvalue weighted by Crippen LogP contribution is 2.25. The van der Waals surface area contributed by atoms with Gasteiger partial charge in [0.2, 0.25) is 0 Å². The molecular formula is C10H23N3O4S. The zero-order valence-electron chi connectivity index (χ0n) is 11.0. The normalized spacial score (nSPS) is 21.1. The van der Waals surface area contributed by atoms with E-state index in [0.717, 1.165) is 0 Å². The van der Waals surface area contributed by atoms with Crippen molar-refractivity contribution in [3.05, 3.63) is 0 Å². The summed E-state index contributed by atoms with van der Waals surface area (Å²) < 4.78 is 38.0. The van der Waals surface area contributed by atoms with Crippen LogP contribution in [0.1, 0.15) is 12.8 Å². The first kappa shape index (κ1) is 15.8. The first-order chi connectivity index (χ1) is 8.49. The lowest BCUT2D eigenvalue weighted by molar-refractivity contribution is -0.0378. The third-order valence-electron chi connectivity index (χ3n) is 3.37. The summed E-state index contributed by atoms with van der Waals surface area (Å²) in [5.74, 6) is 0. The number of hydrogen-bond acceptors (Lipinski definition) is 5. The Bertz CT molecular complexity index is 333. The predicted molar refractivity (Wildman–Crippen MR) is 68.4 cm³/mol. The molecule has 0 aliphatic carbocycles. The molecule has 0 aromatic heterocycles. The van der Waals surface area contributed by atoms with Crippen LogP contribution in [0.3, 0.4) is 0 Å². The van der Waals surface area contributed by atoms with Crippen molar-refractivity contribution in [3.8, 4) is 0 Å². The van der Waals surface area contributed by atoms with Crippen LogP contribution in [-0.2, 0) is 19.7 Å². The molecule has 0 aromatic carbocycles. The number of piperidine rings is 1. The summed E-state index contributed by atoms with van der Waals surface area (Å²) in [6, 6.07) is 0. The summed E-state index contributed by atoms with van der Waals surface area (Å²) >= 11 is 0. The topological polar surface area (TPSA) is 93.9 Å². The van der Waals surface area contributed by atoms with E-state index in [1.807, 2.05) is 0 Å². The summed E-state index contributed by atoms with van der Waals surface area (Å²) in [5, 5.41) is 0. The molecule has 0 saturated carbocycles. The van der Waals surface area contributed by atoms with Crippen LogP contribution in [0, 0.1) is 0 Å². The molecule has 0 bridgehead atoms. The maximum Gasteiger partial charge on any atom is 0.279 e. The minimum atomic E-state index is -3.42. The van der Waals surface area contributed by atoms with Gasteiger partial charge in [0.25, 0.3) is 10.2 Å². The molecule has 0 unspecified atom stereocenters. The summed E-state index contributed by atoms with van der Waals surface area (Å²) in [7, 11) is -0.265. The molecular weight excluding hydrogens is 258 g/mol. The minimum Gasteiger partial charge on any atom is -0.383 e. The van der Waals surface area contributed by atoms with Crippen LogP contribution < -0.4 is 10.5 Å². The molecule has 0 amide bonds. The Labute approximate surface area is 109 Å². The van der Waals surface area contributed by atoms with Crippen molar-refractivity contribution >= 4 is 10.2 Å². The van der Waals surface area contributed by atoms with Gasteiger partial charge in [0, 0.05) is 40.4 Å². The quantitative estimate of drug-likeness (QED) is 0.578. The molecule has 1 aliphatic heterocycles. The smallest absolute Gasteiger partial charge is 0.279 e. The number of nitrogens with zero attached hydrogens (tertiary/aromatic N) is 1. The molecule has 1 saturated heterocycles. The Morgan fingerprint density at radius 1 is 1.33 bits per heavy atom. The molecule has 7 nitrogen and oxygen atoms in total. The fourth-order valence-corrected chi connectivity index (χ4v) is 3.18. The fourth-order valence-electron chi connectivity index (χ4n) is 1.99. The van der Waals surface area contributed by atoms with Gasteiger partial charge in [-0.25, -0.2) is 0 Å². The van der Waals surface area contributed by atoms with Gasteiger partial charge in [0.15, 0.2) is 0 Å². The maximum absolute atomic E-state index is 11.9. The first-order valence-corrected chi connectivity index (χ1v) is 7.42. The second-order valence-corrected chi connectivity index (χ2v) is 6.14. The highest BCUT2D eigenvalue weighted by Gasteiger charge is 2.36. The van der Waals surface area contributed by atoms with E-state index >= 15 is 0 Å². The number of nitrogens with two attached hydrogens (primary N) is 1. The highest BCUT2D eigenvalue weighted by molar-refractivity contribution is 7.87. The summed E-state index contributed by atoms with van der Waals surface area (Å²) in [4.78, 5) is 0. The molecule has 3 N–H and O–H groups in total. The molecule has 0 aromatic rings. The van der Waals surface area contributed by atoms with Gasteiger partial charge in [-0.2, -0.15) is 17.4 Å². The van der Waals surface area contributed by atoms with Crippen LogP contribution in [0.15, 0.2) is 0 Å². The van der Waals surface area contributed by atoms with E-state index < -0.39 is 10.2 Å². The average molecular weight is 281 g/mol. The molecule has 0 spiro atoms. The van der Waals surface area contributed by atoms with Crippen molar-refractivity contribution in [2.75, 3.05) is 47.0 Å². The molecule has 0 atom stereocenters. The largest absolute Gasteiger partial charge is 0.383 e. The van der Waals surface area contributed by atoms with Crippen LogP contribution in [0.2, 0.25) is 0 Å². The van der Waals surface area contributed by atoms with Gasteiger partial charge in [0.05, 0.1) is 12.2 Å². The third-order valence-corrected chi connectivity index (χ3v) is 4.98. The number of ether oxygens (including phenoxy) is 2. The molecule has 1 heterocycles. The number of hydrogen-bond donors (Lipinski definition) is 2. The van der Waals surface area contributed by atoms with Gasteiger partial charge < -0.3 is 15.2 Å². The lowest BCUT2D eigenvalue weighted by atomic mass is 9.92.